The number of rotatable bonds is 3. The van der Waals surface area contributed by atoms with E-state index in [-0.39, 0.29) is 11.8 Å². The fourth-order valence-electron chi connectivity index (χ4n) is 5.49. The number of aromatic nitrogens is 3. The second-order valence-corrected chi connectivity index (χ2v) is 9.96. The van der Waals surface area contributed by atoms with Gasteiger partial charge in [-0.15, -0.1) is 0 Å². The van der Waals surface area contributed by atoms with Crippen LogP contribution in [0.4, 0.5) is 0 Å². The first-order chi connectivity index (χ1) is 17.7. The summed E-state index contributed by atoms with van der Waals surface area (Å²) in [4.78, 5) is 35.3. The van der Waals surface area contributed by atoms with E-state index in [1.54, 1.807) is 6.20 Å². The van der Waals surface area contributed by atoms with Crippen molar-refractivity contribution >= 4 is 22.8 Å². The summed E-state index contributed by atoms with van der Waals surface area (Å²) in [5.74, 6) is 0.0672. The van der Waals surface area contributed by atoms with Crippen molar-refractivity contribution < 1.29 is 9.59 Å². The molecule has 2 saturated heterocycles. The number of amides is 2. The molecule has 0 aliphatic carbocycles. The van der Waals surface area contributed by atoms with Crippen LogP contribution in [0, 0.1) is 0 Å². The van der Waals surface area contributed by atoms with Crippen molar-refractivity contribution in [1.82, 2.24) is 29.9 Å². The first-order valence-corrected chi connectivity index (χ1v) is 13.3. The van der Waals surface area contributed by atoms with Gasteiger partial charge in [0, 0.05) is 38.3 Å². The summed E-state index contributed by atoms with van der Waals surface area (Å²) in [5, 5.41) is 8.62. The van der Waals surface area contributed by atoms with Crippen molar-refractivity contribution in [2.75, 3.05) is 32.7 Å². The molecule has 2 aromatic heterocycles. The minimum Gasteiger partial charge on any atom is -0.356 e. The monoisotopic (exact) mass is 488 g/mol. The van der Waals surface area contributed by atoms with E-state index in [0.717, 1.165) is 55.4 Å². The van der Waals surface area contributed by atoms with Crippen LogP contribution < -0.4 is 5.32 Å². The van der Waals surface area contributed by atoms with Gasteiger partial charge in [0.25, 0.3) is 5.91 Å². The van der Waals surface area contributed by atoms with Crippen LogP contribution in [0.15, 0.2) is 48.7 Å². The normalized spacial score (nSPS) is 20.6. The van der Waals surface area contributed by atoms with E-state index in [9.17, 15) is 9.59 Å². The van der Waals surface area contributed by atoms with Crippen LogP contribution in [0.2, 0.25) is 0 Å². The van der Waals surface area contributed by atoms with E-state index in [0.29, 0.717) is 44.3 Å². The fourth-order valence-corrected chi connectivity index (χ4v) is 5.49. The lowest BCUT2D eigenvalue weighted by atomic mass is 9.98. The van der Waals surface area contributed by atoms with Crippen molar-refractivity contribution in [2.24, 2.45) is 0 Å². The molecule has 2 aliphatic rings. The molecule has 2 aliphatic heterocycles. The highest BCUT2D eigenvalue weighted by Crippen LogP contribution is 2.22. The summed E-state index contributed by atoms with van der Waals surface area (Å²) in [6, 6.07) is 14.2. The summed E-state index contributed by atoms with van der Waals surface area (Å²) >= 11 is 0. The summed E-state index contributed by atoms with van der Waals surface area (Å²) in [5.41, 5.74) is 2.29. The molecule has 0 radical (unpaired) electrons. The molecule has 3 aromatic rings. The smallest absolute Gasteiger partial charge is 0.275 e. The number of pyridine rings is 1. The molecular weight excluding hydrogens is 452 g/mol. The van der Waals surface area contributed by atoms with E-state index in [4.69, 9.17) is 5.10 Å². The summed E-state index contributed by atoms with van der Waals surface area (Å²) < 4.78 is 1.83. The molecule has 2 amide bonds. The maximum Gasteiger partial charge on any atom is 0.275 e. The van der Waals surface area contributed by atoms with E-state index in [2.05, 4.69) is 27.3 Å². The minimum absolute atomic E-state index is 0.0585. The first kappa shape index (κ1) is 24.4. The van der Waals surface area contributed by atoms with Crippen molar-refractivity contribution in [3.05, 3.63) is 59.9 Å². The minimum atomic E-state index is -0.0585. The number of piperidine rings is 1. The molecule has 0 spiro atoms. The third kappa shape index (κ3) is 5.75. The predicted octanol–water partition coefficient (Wildman–Crippen LogP) is 3.47. The summed E-state index contributed by atoms with van der Waals surface area (Å²) in [7, 11) is 0. The number of carbonyl (C=O) groups is 2. The standard InChI is InChI=1S/C28H36N6O2/c35-25-20-23-12-4-5-16-32(23)17-6-7-18-33(19-9-15-29-25)28(36)26-24-13-8-14-30-27(24)34(31-26)21-22-10-2-1-3-11-22/h1-3,8,10-11,13-14,23H,4-7,9,12,15-21H2,(H,29,35). The Labute approximate surface area is 212 Å². The number of nitrogens with zero attached hydrogens (tertiary/aromatic N) is 5. The molecule has 0 saturated carbocycles. The van der Waals surface area contributed by atoms with Crippen molar-refractivity contribution in [2.45, 2.75) is 57.5 Å². The number of fused-ring (bicyclic) bond motifs is 2. The Hall–Kier alpha value is -3.26. The van der Waals surface area contributed by atoms with Crippen LogP contribution in [0.3, 0.4) is 0 Å². The van der Waals surface area contributed by atoms with Gasteiger partial charge in [-0.25, -0.2) is 9.67 Å². The second-order valence-electron chi connectivity index (χ2n) is 9.96. The van der Waals surface area contributed by atoms with Gasteiger partial charge in [0.05, 0.1) is 11.9 Å². The van der Waals surface area contributed by atoms with Crippen LogP contribution in [0.1, 0.15) is 61.0 Å². The van der Waals surface area contributed by atoms with Crippen molar-refractivity contribution in [1.29, 1.82) is 0 Å². The van der Waals surface area contributed by atoms with Crippen LogP contribution >= 0.6 is 0 Å². The molecule has 1 unspecified atom stereocenters. The highest BCUT2D eigenvalue weighted by atomic mass is 16.2. The third-order valence-corrected chi connectivity index (χ3v) is 7.39. The molecule has 8 nitrogen and oxygen atoms in total. The molecule has 5 rings (SSSR count). The van der Waals surface area contributed by atoms with Gasteiger partial charge in [0.2, 0.25) is 5.91 Å². The number of benzene rings is 1. The zero-order valence-electron chi connectivity index (χ0n) is 20.9. The molecule has 1 N–H and O–H groups in total. The molecular formula is C28H36N6O2. The topological polar surface area (TPSA) is 83.4 Å². The molecule has 36 heavy (non-hydrogen) atoms. The van der Waals surface area contributed by atoms with Gasteiger partial charge in [0.1, 0.15) is 0 Å². The Morgan fingerprint density at radius 2 is 1.72 bits per heavy atom. The van der Waals surface area contributed by atoms with Crippen LogP contribution in [0.25, 0.3) is 11.0 Å². The highest BCUT2D eigenvalue weighted by Gasteiger charge is 2.26. The van der Waals surface area contributed by atoms with Gasteiger partial charge in [-0.2, -0.15) is 5.10 Å². The number of nitrogens with one attached hydrogen (secondary N) is 1. The molecule has 2 fully saturated rings. The van der Waals surface area contributed by atoms with Gasteiger partial charge in [-0.05, 0) is 62.9 Å². The third-order valence-electron chi connectivity index (χ3n) is 7.39. The first-order valence-electron chi connectivity index (χ1n) is 13.3. The highest BCUT2D eigenvalue weighted by molar-refractivity contribution is 6.04. The summed E-state index contributed by atoms with van der Waals surface area (Å²) in [6.07, 6.45) is 8.53. The maximum atomic E-state index is 13.8. The van der Waals surface area contributed by atoms with Gasteiger partial charge >= 0.3 is 0 Å². The average Bonchev–Trinajstić information content (AvgIpc) is 3.27. The molecule has 1 atom stereocenters. The van der Waals surface area contributed by atoms with Gasteiger partial charge in [-0.3, -0.25) is 14.5 Å². The average molecular weight is 489 g/mol. The van der Waals surface area contributed by atoms with Gasteiger partial charge in [0.15, 0.2) is 11.3 Å². The quantitative estimate of drug-likeness (QED) is 0.611. The summed E-state index contributed by atoms with van der Waals surface area (Å²) in [6.45, 7) is 4.49. The lowest BCUT2D eigenvalue weighted by Gasteiger charge is -2.35. The Morgan fingerprint density at radius 1 is 0.944 bits per heavy atom. The van der Waals surface area contributed by atoms with Crippen molar-refractivity contribution in [3.8, 4) is 0 Å². The molecule has 4 heterocycles. The lowest BCUT2D eigenvalue weighted by Crippen LogP contribution is -2.43. The number of carbonyl (C=O) groups excluding carboxylic acids is 2. The zero-order valence-corrected chi connectivity index (χ0v) is 20.9. The zero-order chi connectivity index (χ0) is 24.7. The van der Waals surface area contributed by atoms with E-state index in [1.807, 2.05) is 39.9 Å². The van der Waals surface area contributed by atoms with Crippen LogP contribution in [-0.2, 0) is 11.3 Å². The predicted molar refractivity (Wildman–Crippen MR) is 140 cm³/mol. The van der Waals surface area contributed by atoms with Crippen LogP contribution in [-0.4, -0.2) is 75.1 Å². The number of hydrogen-bond acceptors (Lipinski definition) is 5. The molecule has 8 heteroatoms. The van der Waals surface area contributed by atoms with E-state index < -0.39 is 0 Å². The number of hydrogen-bond donors (Lipinski definition) is 1. The lowest BCUT2D eigenvalue weighted by molar-refractivity contribution is -0.122. The van der Waals surface area contributed by atoms with Gasteiger partial charge < -0.3 is 10.2 Å². The van der Waals surface area contributed by atoms with E-state index >= 15 is 0 Å². The van der Waals surface area contributed by atoms with Gasteiger partial charge in [-0.1, -0.05) is 36.8 Å². The van der Waals surface area contributed by atoms with Crippen molar-refractivity contribution in [3.63, 3.8) is 0 Å². The Bertz CT molecular complexity index is 1180. The Morgan fingerprint density at radius 3 is 2.58 bits per heavy atom. The van der Waals surface area contributed by atoms with E-state index in [1.165, 1.54) is 12.8 Å². The Kier molecular flexibility index (Phi) is 7.91. The SMILES string of the molecule is O=C1CC2CCCCN2CCCCN(C(=O)c2nn(Cc3ccccc3)c3ncccc23)CCCN1. The Balaban J connectivity index is 1.34. The fraction of sp³-hybridized carbons (Fsp3) is 0.500. The largest absolute Gasteiger partial charge is 0.356 e. The second kappa shape index (κ2) is 11.6. The molecule has 1 aromatic carbocycles. The van der Waals surface area contributed by atoms with Crippen LogP contribution in [0.5, 0.6) is 0 Å². The molecule has 0 bridgehead atoms. The maximum absolute atomic E-state index is 13.8. The molecule has 190 valence electrons.